The van der Waals surface area contributed by atoms with E-state index in [0.717, 1.165) is 11.3 Å². The zero-order valence-corrected chi connectivity index (χ0v) is 14.5. The third-order valence-electron chi connectivity index (χ3n) is 4.05. The lowest BCUT2D eigenvalue weighted by molar-refractivity contribution is 0.0910. The minimum atomic E-state index is -1.01. The van der Waals surface area contributed by atoms with Crippen LogP contribution in [0, 0.1) is 19.7 Å². The SMILES string of the molecule is Cc1cccc(-n2nnc(C(=O)NCC(O)c3cccc(F)c3)c2C)c1. The molecule has 0 aliphatic heterocycles. The molecule has 2 aromatic carbocycles. The van der Waals surface area contributed by atoms with E-state index in [4.69, 9.17) is 0 Å². The summed E-state index contributed by atoms with van der Waals surface area (Å²) in [7, 11) is 0. The van der Waals surface area contributed by atoms with Gasteiger partial charge in [-0.2, -0.15) is 0 Å². The van der Waals surface area contributed by atoms with Crippen molar-refractivity contribution in [2.24, 2.45) is 0 Å². The molecule has 0 fully saturated rings. The Morgan fingerprint density at radius 3 is 2.73 bits per heavy atom. The van der Waals surface area contributed by atoms with Crippen molar-refractivity contribution in [2.45, 2.75) is 20.0 Å². The largest absolute Gasteiger partial charge is 0.387 e. The lowest BCUT2D eigenvalue weighted by Crippen LogP contribution is -2.29. The van der Waals surface area contributed by atoms with Crippen LogP contribution in [0.3, 0.4) is 0 Å². The highest BCUT2D eigenvalue weighted by atomic mass is 19.1. The Hall–Kier alpha value is -3.06. The quantitative estimate of drug-likeness (QED) is 0.738. The van der Waals surface area contributed by atoms with Crippen LogP contribution >= 0.6 is 0 Å². The van der Waals surface area contributed by atoms with Gasteiger partial charge in [0, 0.05) is 6.54 Å². The molecule has 0 aliphatic rings. The van der Waals surface area contributed by atoms with Gasteiger partial charge in [-0.25, -0.2) is 9.07 Å². The molecule has 0 saturated carbocycles. The van der Waals surface area contributed by atoms with Gasteiger partial charge in [-0.05, 0) is 49.2 Å². The van der Waals surface area contributed by atoms with E-state index >= 15 is 0 Å². The fourth-order valence-electron chi connectivity index (χ4n) is 2.65. The Morgan fingerprint density at radius 2 is 2.00 bits per heavy atom. The number of halogens is 1. The van der Waals surface area contributed by atoms with Crippen LogP contribution < -0.4 is 5.32 Å². The third kappa shape index (κ3) is 3.78. The second kappa shape index (κ2) is 7.45. The maximum Gasteiger partial charge on any atom is 0.273 e. The van der Waals surface area contributed by atoms with Gasteiger partial charge in [0.25, 0.3) is 5.91 Å². The van der Waals surface area contributed by atoms with Gasteiger partial charge in [0.15, 0.2) is 5.69 Å². The normalized spacial score (nSPS) is 12.0. The van der Waals surface area contributed by atoms with Crippen molar-refractivity contribution in [3.05, 3.63) is 76.9 Å². The predicted octanol–water partition coefficient (Wildman–Crippen LogP) is 2.49. The van der Waals surface area contributed by atoms with Gasteiger partial charge in [-0.1, -0.05) is 29.5 Å². The van der Waals surface area contributed by atoms with E-state index in [1.165, 1.54) is 18.2 Å². The standard InChI is InChI=1S/C19H19FN4O2/c1-12-5-3-8-16(9-12)24-13(2)18(22-23-24)19(26)21-11-17(25)14-6-4-7-15(20)10-14/h3-10,17,25H,11H2,1-2H3,(H,21,26). The zero-order valence-electron chi connectivity index (χ0n) is 14.5. The number of benzene rings is 2. The Bertz CT molecular complexity index is 939. The van der Waals surface area contributed by atoms with Gasteiger partial charge in [0.2, 0.25) is 0 Å². The number of nitrogens with zero attached hydrogens (tertiary/aromatic N) is 3. The highest BCUT2D eigenvalue weighted by Gasteiger charge is 2.18. The van der Waals surface area contributed by atoms with Crippen molar-refractivity contribution in [2.75, 3.05) is 6.54 Å². The minimum Gasteiger partial charge on any atom is -0.387 e. The summed E-state index contributed by atoms with van der Waals surface area (Å²) in [6.45, 7) is 3.66. The van der Waals surface area contributed by atoms with Crippen LogP contribution in [0.25, 0.3) is 5.69 Å². The topological polar surface area (TPSA) is 80.0 Å². The summed E-state index contributed by atoms with van der Waals surface area (Å²) < 4.78 is 14.8. The Morgan fingerprint density at radius 1 is 1.23 bits per heavy atom. The monoisotopic (exact) mass is 354 g/mol. The molecular formula is C19H19FN4O2. The van der Waals surface area contributed by atoms with Gasteiger partial charge in [-0.3, -0.25) is 4.79 Å². The van der Waals surface area contributed by atoms with Crippen molar-refractivity contribution in [1.82, 2.24) is 20.3 Å². The molecule has 0 radical (unpaired) electrons. The lowest BCUT2D eigenvalue weighted by Gasteiger charge is -2.12. The number of hydrogen-bond acceptors (Lipinski definition) is 4. The van der Waals surface area contributed by atoms with Crippen LogP contribution in [0.2, 0.25) is 0 Å². The summed E-state index contributed by atoms with van der Waals surface area (Å²) in [6.07, 6.45) is -1.01. The van der Waals surface area contributed by atoms with Gasteiger partial charge < -0.3 is 10.4 Å². The number of hydrogen-bond donors (Lipinski definition) is 2. The van der Waals surface area contributed by atoms with E-state index in [0.29, 0.717) is 11.3 Å². The van der Waals surface area contributed by atoms with Crippen molar-refractivity contribution in [3.8, 4) is 5.69 Å². The highest BCUT2D eigenvalue weighted by molar-refractivity contribution is 5.93. The van der Waals surface area contributed by atoms with Crippen LogP contribution in [-0.4, -0.2) is 32.6 Å². The van der Waals surface area contributed by atoms with Gasteiger partial charge in [-0.15, -0.1) is 5.10 Å². The Kier molecular flexibility index (Phi) is 5.09. The first-order valence-corrected chi connectivity index (χ1v) is 8.17. The molecule has 0 bridgehead atoms. The summed E-state index contributed by atoms with van der Waals surface area (Å²) in [5.74, 6) is -0.887. The van der Waals surface area contributed by atoms with E-state index in [-0.39, 0.29) is 12.2 Å². The van der Waals surface area contributed by atoms with E-state index in [9.17, 15) is 14.3 Å². The first-order valence-electron chi connectivity index (χ1n) is 8.17. The molecule has 1 aromatic heterocycles. The molecule has 0 saturated heterocycles. The van der Waals surface area contributed by atoms with Crippen LogP contribution in [0.1, 0.15) is 33.4 Å². The smallest absolute Gasteiger partial charge is 0.273 e. The molecule has 0 aliphatic carbocycles. The second-order valence-corrected chi connectivity index (χ2v) is 6.06. The lowest BCUT2D eigenvalue weighted by atomic mass is 10.1. The van der Waals surface area contributed by atoms with Crippen LogP contribution in [-0.2, 0) is 0 Å². The maximum absolute atomic E-state index is 13.2. The van der Waals surface area contributed by atoms with Gasteiger partial charge in [0.1, 0.15) is 5.82 Å². The van der Waals surface area contributed by atoms with Crippen molar-refractivity contribution in [1.29, 1.82) is 0 Å². The first-order chi connectivity index (χ1) is 12.5. The fraction of sp³-hybridized carbons (Fsp3) is 0.211. The average molecular weight is 354 g/mol. The number of aromatic nitrogens is 3. The van der Waals surface area contributed by atoms with Gasteiger partial charge in [0.05, 0.1) is 17.5 Å². The molecular weight excluding hydrogens is 335 g/mol. The van der Waals surface area contributed by atoms with Crippen molar-refractivity contribution >= 4 is 5.91 Å². The number of aryl methyl sites for hydroxylation is 1. The fourth-order valence-corrected chi connectivity index (χ4v) is 2.65. The summed E-state index contributed by atoms with van der Waals surface area (Å²) in [5.41, 5.74) is 3.05. The average Bonchev–Trinajstić information content (AvgIpc) is 3.01. The molecule has 134 valence electrons. The number of carbonyl (C=O) groups is 1. The molecule has 6 nitrogen and oxygen atoms in total. The molecule has 26 heavy (non-hydrogen) atoms. The molecule has 1 unspecified atom stereocenters. The number of rotatable bonds is 5. The first kappa shape index (κ1) is 17.8. The molecule has 1 atom stereocenters. The van der Waals surface area contributed by atoms with Crippen molar-refractivity contribution < 1.29 is 14.3 Å². The summed E-state index contributed by atoms with van der Waals surface area (Å²) in [5, 5.41) is 20.7. The minimum absolute atomic E-state index is 0.0565. The number of carbonyl (C=O) groups excluding carboxylic acids is 1. The Labute approximate surface area is 150 Å². The molecule has 7 heteroatoms. The number of aliphatic hydroxyl groups is 1. The zero-order chi connectivity index (χ0) is 18.7. The summed E-state index contributed by atoms with van der Waals surface area (Å²) in [4.78, 5) is 12.4. The van der Waals surface area contributed by atoms with E-state index in [1.54, 1.807) is 17.7 Å². The van der Waals surface area contributed by atoms with Crippen LogP contribution in [0.4, 0.5) is 4.39 Å². The van der Waals surface area contributed by atoms with Crippen molar-refractivity contribution in [3.63, 3.8) is 0 Å². The molecule has 1 heterocycles. The summed E-state index contributed by atoms with van der Waals surface area (Å²) >= 11 is 0. The second-order valence-electron chi connectivity index (χ2n) is 6.06. The van der Waals surface area contributed by atoms with E-state index < -0.39 is 17.8 Å². The highest BCUT2D eigenvalue weighted by Crippen LogP contribution is 2.15. The Balaban J connectivity index is 1.71. The molecule has 3 aromatic rings. The van der Waals surface area contributed by atoms with Crippen LogP contribution in [0.5, 0.6) is 0 Å². The third-order valence-corrected chi connectivity index (χ3v) is 4.05. The summed E-state index contributed by atoms with van der Waals surface area (Å²) in [6, 6.07) is 13.3. The van der Waals surface area contributed by atoms with E-state index in [1.807, 2.05) is 31.2 Å². The number of aliphatic hydroxyl groups excluding tert-OH is 1. The van der Waals surface area contributed by atoms with E-state index in [2.05, 4.69) is 15.6 Å². The van der Waals surface area contributed by atoms with Crippen LogP contribution in [0.15, 0.2) is 48.5 Å². The van der Waals surface area contributed by atoms with Gasteiger partial charge >= 0.3 is 0 Å². The molecule has 0 spiro atoms. The predicted molar refractivity (Wildman–Crippen MR) is 94.5 cm³/mol. The maximum atomic E-state index is 13.2. The molecule has 2 N–H and O–H groups in total. The molecule has 1 amide bonds. The molecule has 3 rings (SSSR count). The number of nitrogens with one attached hydrogen (secondary N) is 1. The number of amides is 1.